The summed E-state index contributed by atoms with van der Waals surface area (Å²) in [4.78, 5) is 4.65. The molecular weight excluding hydrogens is 232 g/mol. The molecule has 0 spiro atoms. The van der Waals surface area contributed by atoms with Gasteiger partial charge in [-0.1, -0.05) is 25.8 Å². The molecule has 19 heavy (non-hydrogen) atoms. The Morgan fingerprint density at radius 1 is 1.21 bits per heavy atom. The molecule has 3 rings (SSSR count). The Labute approximate surface area is 116 Å². The molecule has 1 N–H and O–H groups in total. The molecule has 0 unspecified atom stereocenters. The second-order valence-electron chi connectivity index (χ2n) is 6.18. The molecule has 1 heterocycles. The van der Waals surface area contributed by atoms with Crippen LogP contribution in [0.5, 0.6) is 0 Å². The number of rotatable bonds is 4. The van der Waals surface area contributed by atoms with Crippen LogP contribution in [0.3, 0.4) is 0 Å². The first-order chi connectivity index (χ1) is 9.24. The minimum absolute atomic E-state index is 0.619. The average Bonchev–Trinajstić information content (AvgIpc) is 3.24. The van der Waals surface area contributed by atoms with Gasteiger partial charge in [0.05, 0.1) is 5.69 Å². The van der Waals surface area contributed by atoms with Crippen molar-refractivity contribution >= 4 is 5.70 Å². The molecule has 1 aromatic rings. The third-order valence-corrected chi connectivity index (χ3v) is 4.33. The van der Waals surface area contributed by atoms with Gasteiger partial charge in [0.2, 0.25) is 0 Å². The molecule has 102 valence electrons. The summed E-state index contributed by atoms with van der Waals surface area (Å²) in [5, 5.41) is 3.65. The summed E-state index contributed by atoms with van der Waals surface area (Å²) in [5.41, 5.74) is 4.84. The highest BCUT2D eigenvalue weighted by Crippen LogP contribution is 2.41. The van der Waals surface area contributed by atoms with Gasteiger partial charge in [-0.2, -0.15) is 0 Å². The van der Waals surface area contributed by atoms with Crippen LogP contribution in [0.4, 0.5) is 0 Å². The number of nitrogens with one attached hydrogen (secondary N) is 1. The van der Waals surface area contributed by atoms with E-state index >= 15 is 0 Å². The molecule has 2 saturated carbocycles. The van der Waals surface area contributed by atoms with Crippen LogP contribution in [0.15, 0.2) is 18.8 Å². The third-order valence-electron chi connectivity index (χ3n) is 4.33. The number of hydrogen-bond acceptors (Lipinski definition) is 2. The summed E-state index contributed by atoms with van der Waals surface area (Å²) in [5.74, 6) is 0.681. The second-order valence-corrected chi connectivity index (χ2v) is 6.18. The summed E-state index contributed by atoms with van der Waals surface area (Å²) in [6.07, 6.45) is 11.3. The standard InChI is InChI=1S/C17H24N2/c1-12-10-16(17(18-11-12)14-8-9-14)13(2)19-15-6-4-3-5-7-15/h10-11,14-15,19H,2-9H2,1H3. The number of aromatic nitrogens is 1. The van der Waals surface area contributed by atoms with Crippen molar-refractivity contribution in [1.82, 2.24) is 10.3 Å². The maximum atomic E-state index is 4.65. The molecule has 2 heteroatoms. The first kappa shape index (κ1) is 12.7. The molecule has 2 aliphatic rings. The van der Waals surface area contributed by atoms with Crippen molar-refractivity contribution in [1.29, 1.82) is 0 Å². The zero-order valence-corrected chi connectivity index (χ0v) is 11.9. The number of hydrogen-bond donors (Lipinski definition) is 1. The Bertz CT molecular complexity index is 468. The van der Waals surface area contributed by atoms with Gasteiger partial charge in [0.1, 0.15) is 0 Å². The predicted molar refractivity (Wildman–Crippen MR) is 80.0 cm³/mol. The largest absolute Gasteiger partial charge is 0.382 e. The van der Waals surface area contributed by atoms with E-state index in [1.165, 1.54) is 61.8 Å². The smallest absolute Gasteiger partial charge is 0.0527 e. The van der Waals surface area contributed by atoms with Gasteiger partial charge < -0.3 is 5.32 Å². The lowest BCUT2D eigenvalue weighted by atomic mass is 9.94. The molecule has 0 amide bonds. The number of aryl methyl sites for hydroxylation is 1. The van der Waals surface area contributed by atoms with Crippen LogP contribution in [0.1, 0.15) is 67.7 Å². The maximum absolute atomic E-state index is 4.65. The van der Waals surface area contributed by atoms with Gasteiger partial charge in [0, 0.05) is 29.4 Å². The van der Waals surface area contributed by atoms with Crippen LogP contribution in [0, 0.1) is 6.92 Å². The van der Waals surface area contributed by atoms with Gasteiger partial charge in [-0.15, -0.1) is 0 Å². The van der Waals surface area contributed by atoms with Crippen LogP contribution < -0.4 is 5.32 Å². The summed E-state index contributed by atoms with van der Waals surface area (Å²) in [7, 11) is 0. The lowest BCUT2D eigenvalue weighted by molar-refractivity contribution is 0.409. The Hall–Kier alpha value is -1.31. The molecule has 0 radical (unpaired) electrons. The van der Waals surface area contributed by atoms with Crippen LogP contribution in [0.25, 0.3) is 5.70 Å². The van der Waals surface area contributed by atoms with E-state index in [9.17, 15) is 0 Å². The van der Waals surface area contributed by atoms with Crippen molar-refractivity contribution < 1.29 is 0 Å². The molecule has 1 aromatic heterocycles. The van der Waals surface area contributed by atoms with E-state index in [0.717, 1.165) is 5.70 Å². The molecule has 0 bridgehead atoms. The Kier molecular flexibility index (Phi) is 3.58. The van der Waals surface area contributed by atoms with Crippen molar-refractivity contribution in [2.45, 2.75) is 63.8 Å². The summed E-state index contributed by atoms with van der Waals surface area (Å²) < 4.78 is 0. The van der Waals surface area contributed by atoms with E-state index in [2.05, 4.69) is 29.9 Å². The van der Waals surface area contributed by atoms with E-state index in [0.29, 0.717) is 12.0 Å². The van der Waals surface area contributed by atoms with Gasteiger partial charge in [-0.05, 0) is 44.2 Å². The molecule has 0 aromatic carbocycles. The lowest BCUT2D eigenvalue weighted by Crippen LogP contribution is -2.29. The fourth-order valence-corrected chi connectivity index (χ4v) is 3.07. The average molecular weight is 256 g/mol. The summed E-state index contributed by atoms with van der Waals surface area (Å²) >= 11 is 0. The van der Waals surface area contributed by atoms with E-state index < -0.39 is 0 Å². The Morgan fingerprint density at radius 3 is 2.63 bits per heavy atom. The molecule has 2 nitrogen and oxygen atoms in total. The summed E-state index contributed by atoms with van der Waals surface area (Å²) in [6.45, 7) is 6.39. The van der Waals surface area contributed by atoms with Crippen molar-refractivity contribution in [2.75, 3.05) is 0 Å². The summed E-state index contributed by atoms with van der Waals surface area (Å²) in [6, 6.07) is 2.87. The fourth-order valence-electron chi connectivity index (χ4n) is 3.07. The quantitative estimate of drug-likeness (QED) is 0.875. The highest BCUT2D eigenvalue weighted by Gasteiger charge is 2.28. The lowest BCUT2D eigenvalue weighted by Gasteiger charge is -2.25. The predicted octanol–water partition coefficient (Wildman–Crippen LogP) is 4.16. The Morgan fingerprint density at radius 2 is 1.95 bits per heavy atom. The van der Waals surface area contributed by atoms with Crippen molar-refractivity contribution in [3.63, 3.8) is 0 Å². The van der Waals surface area contributed by atoms with Crippen molar-refractivity contribution in [3.05, 3.63) is 35.7 Å². The molecule has 0 aliphatic heterocycles. The fraction of sp³-hybridized carbons (Fsp3) is 0.588. The topological polar surface area (TPSA) is 24.9 Å². The zero-order chi connectivity index (χ0) is 13.2. The van der Waals surface area contributed by atoms with Crippen molar-refractivity contribution in [2.24, 2.45) is 0 Å². The van der Waals surface area contributed by atoms with E-state index in [4.69, 9.17) is 0 Å². The van der Waals surface area contributed by atoms with E-state index in [1.54, 1.807) is 0 Å². The Balaban J connectivity index is 1.76. The van der Waals surface area contributed by atoms with Gasteiger partial charge >= 0.3 is 0 Å². The molecular formula is C17H24N2. The third kappa shape index (κ3) is 2.99. The number of pyridine rings is 1. The SMILES string of the molecule is C=C(NC1CCCCC1)c1cc(C)cnc1C1CC1. The zero-order valence-electron chi connectivity index (χ0n) is 11.9. The van der Waals surface area contributed by atoms with E-state index in [-0.39, 0.29) is 0 Å². The van der Waals surface area contributed by atoms with Gasteiger partial charge in [-0.25, -0.2) is 0 Å². The molecule has 0 atom stereocenters. The van der Waals surface area contributed by atoms with Crippen molar-refractivity contribution in [3.8, 4) is 0 Å². The first-order valence-electron chi connectivity index (χ1n) is 7.66. The van der Waals surface area contributed by atoms with Crippen LogP contribution in [-0.2, 0) is 0 Å². The first-order valence-corrected chi connectivity index (χ1v) is 7.66. The number of nitrogens with zero attached hydrogens (tertiary/aromatic N) is 1. The maximum Gasteiger partial charge on any atom is 0.0527 e. The van der Waals surface area contributed by atoms with Crippen LogP contribution >= 0.6 is 0 Å². The highest BCUT2D eigenvalue weighted by atomic mass is 14.9. The van der Waals surface area contributed by atoms with Gasteiger partial charge in [-0.3, -0.25) is 4.98 Å². The van der Waals surface area contributed by atoms with Gasteiger partial charge in [0.15, 0.2) is 0 Å². The van der Waals surface area contributed by atoms with Gasteiger partial charge in [0.25, 0.3) is 0 Å². The normalized spacial score (nSPS) is 20.3. The second kappa shape index (κ2) is 5.36. The minimum atomic E-state index is 0.619. The van der Waals surface area contributed by atoms with Crippen LogP contribution in [0.2, 0.25) is 0 Å². The monoisotopic (exact) mass is 256 g/mol. The molecule has 0 saturated heterocycles. The minimum Gasteiger partial charge on any atom is -0.382 e. The van der Waals surface area contributed by atoms with Crippen LogP contribution in [-0.4, -0.2) is 11.0 Å². The molecule has 2 aliphatic carbocycles. The molecule has 2 fully saturated rings. The van der Waals surface area contributed by atoms with E-state index in [1.807, 2.05) is 6.20 Å². The highest BCUT2D eigenvalue weighted by molar-refractivity contribution is 5.65.